The van der Waals surface area contributed by atoms with Crippen molar-refractivity contribution in [3.63, 3.8) is 0 Å². The van der Waals surface area contributed by atoms with Crippen molar-refractivity contribution in [2.75, 3.05) is 23.8 Å². The van der Waals surface area contributed by atoms with Crippen molar-refractivity contribution < 1.29 is 23.4 Å². The summed E-state index contributed by atoms with van der Waals surface area (Å²) < 4.78 is 24.3. The number of hydrogen-bond donors (Lipinski definition) is 2. The lowest BCUT2D eigenvalue weighted by Crippen LogP contribution is -2.50. The van der Waals surface area contributed by atoms with E-state index in [1.54, 1.807) is 6.92 Å². The Kier molecular flexibility index (Phi) is 4.67. The molecule has 0 aliphatic carbocycles. The molecule has 21 heavy (non-hydrogen) atoms. The smallest absolute Gasteiger partial charge is 0.255 e. The molecule has 1 amide bonds. The minimum atomic E-state index is -3.38. The van der Waals surface area contributed by atoms with E-state index in [1.165, 1.54) is 28.8 Å². The van der Waals surface area contributed by atoms with Crippen molar-refractivity contribution in [2.24, 2.45) is 0 Å². The molecule has 0 radical (unpaired) electrons. The summed E-state index contributed by atoms with van der Waals surface area (Å²) in [6, 6.07) is 3.56. The van der Waals surface area contributed by atoms with Crippen molar-refractivity contribution in [1.82, 2.24) is 4.90 Å². The summed E-state index contributed by atoms with van der Waals surface area (Å²) in [7, 11) is -3.38. The lowest BCUT2D eigenvalue weighted by atomic mass is 10.1. The van der Waals surface area contributed by atoms with Gasteiger partial charge in [0.1, 0.15) is 16.9 Å². The maximum Gasteiger partial charge on any atom is 0.255 e. The molecule has 1 aromatic rings. The average Bonchev–Trinajstić information content (AvgIpc) is 2.45. The van der Waals surface area contributed by atoms with Gasteiger partial charge in [0.25, 0.3) is 5.91 Å². The standard InChI is InChI=1S/C13H17NO5S2/c1-2-21(18,19)12-8-20-4-3-14(12)13(17)9-5-10(15)7-11(16)6-9/h5-7,12,15-16H,2-4,8H2,1H3. The molecule has 2 rings (SSSR count). The van der Waals surface area contributed by atoms with Crippen LogP contribution in [0.1, 0.15) is 17.3 Å². The van der Waals surface area contributed by atoms with Gasteiger partial charge in [-0.2, -0.15) is 11.8 Å². The number of amides is 1. The number of aromatic hydroxyl groups is 2. The fourth-order valence-corrected chi connectivity index (χ4v) is 5.15. The lowest BCUT2D eigenvalue weighted by molar-refractivity contribution is 0.0748. The van der Waals surface area contributed by atoms with Crippen LogP contribution in [0.5, 0.6) is 11.5 Å². The van der Waals surface area contributed by atoms with Gasteiger partial charge in [-0.1, -0.05) is 6.92 Å². The number of thioether (sulfide) groups is 1. The summed E-state index contributed by atoms with van der Waals surface area (Å²) >= 11 is 1.50. The van der Waals surface area contributed by atoms with Crippen LogP contribution in [0.25, 0.3) is 0 Å². The number of carbonyl (C=O) groups is 1. The van der Waals surface area contributed by atoms with E-state index < -0.39 is 21.1 Å². The second kappa shape index (κ2) is 6.15. The number of hydrogen-bond acceptors (Lipinski definition) is 6. The first-order valence-electron chi connectivity index (χ1n) is 6.48. The Balaban J connectivity index is 2.35. The molecule has 1 aliphatic heterocycles. The van der Waals surface area contributed by atoms with E-state index >= 15 is 0 Å². The molecule has 1 heterocycles. The van der Waals surface area contributed by atoms with Gasteiger partial charge in [-0.15, -0.1) is 0 Å². The predicted molar refractivity (Wildman–Crippen MR) is 81.4 cm³/mol. The van der Waals surface area contributed by atoms with Gasteiger partial charge in [0.2, 0.25) is 0 Å². The van der Waals surface area contributed by atoms with Gasteiger partial charge in [0, 0.05) is 35.4 Å². The molecule has 1 saturated heterocycles. The van der Waals surface area contributed by atoms with Crippen LogP contribution in [0.15, 0.2) is 18.2 Å². The Hall–Kier alpha value is -1.41. The Labute approximate surface area is 127 Å². The third kappa shape index (κ3) is 3.44. The number of sulfone groups is 1. The Morgan fingerprint density at radius 2 is 1.95 bits per heavy atom. The molecule has 116 valence electrons. The maximum absolute atomic E-state index is 12.5. The third-order valence-corrected chi connectivity index (χ3v) is 6.60. The van der Waals surface area contributed by atoms with E-state index in [4.69, 9.17) is 0 Å². The fourth-order valence-electron chi connectivity index (χ4n) is 2.19. The minimum Gasteiger partial charge on any atom is -0.508 e. The average molecular weight is 331 g/mol. The Morgan fingerprint density at radius 1 is 1.33 bits per heavy atom. The van der Waals surface area contributed by atoms with Gasteiger partial charge >= 0.3 is 0 Å². The minimum absolute atomic E-state index is 0.0344. The van der Waals surface area contributed by atoms with Crippen molar-refractivity contribution >= 4 is 27.5 Å². The van der Waals surface area contributed by atoms with Crippen LogP contribution in [0, 0.1) is 0 Å². The highest BCUT2D eigenvalue weighted by Gasteiger charge is 2.36. The molecule has 0 bridgehead atoms. The number of phenolic OH excluding ortho intramolecular Hbond substituents is 2. The Bertz CT molecular complexity index is 624. The number of nitrogens with zero attached hydrogens (tertiary/aromatic N) is 1. The molecule has 1 aromatic carbocycles. The zero-order valence-corrected chi connectivity index (χ0v) is 13.2. The molecule has 6 nitrogen and oxygen atoms in total. The van der Waals surface area contributed by atoms with E-state index in [0.717, 1.165) is 6.07 Å². The lowest BCUT2D eigenvalue weighted by Gasteiger charge is -2.34. The number of rotatable bonds is 3. The molecule has 1 unspecified atom stereocenters. The molecule has 8 heteroatoms. The van der Waals surface area contributed by atoms with E-state index in [1.807, 2.05) is 0 Å². The van der Waals surface area contributed by atoms with Gasteiger partial charge in [0.15, 0.2) is 9.84 Å². The number of benzene rings is 1. The van der Waals surface area contributed by atoms with Gasteiger partial charge in [-0.05, 0) is 12.1 Å². The van der Waals surface area contributed by atoms with Gasteiger partial charge in [-0.3, -0.25) is 4.79 Å². The quantitative estimate of drug-likeness (QED) is 0.859. The molecule has 2 N–H and O–H groups in total. The topological polar surface area (TPSA) is 94.9 Å². The van der Waals surface area contributed by atoms with Gasteiger partial charge < -0.3 is 15.1 Å². The summed E-state index contributed by atoms with van der Waals surface area (Å²) in [6.07, 6.45) is 0. The summed E-state index contributed by atoms with van der Waals surface area (Å²) in [5.41, 5.74) is 0.0794. The summed E-state index contributed by atoms with van der Waals surface area (Å²) in [5.74, 6) is -0.00507. The van der Waals surface area contributed by atoms with E-state index in [0.29, 0.717) is 18.1 Å². The molecule has 1 atom stereocenters. The largest absolute Gasteiger partial charge is 0.508 e. The van der Waals surface area contributed by atoms with Crippen LogP contribution in [-0.4, -0.2) is 58.6 Å². The fraction of sp³-hybridized carbons (Fsp3) is 0.462. The van der Waals surface area contributed by atoms with Crippen LogP contribution in [0.2, 0.25) is 0 Å². The highest BCUT2D eigenvalue weighted by Crippen LogP contribution is 2.26. The van der Waals surface area contributed by atoms with Gasteiger partial charge in [0.05, 0.1) is 0 Å². The zero-order valence-electron chi connectivity index (χ0n) is 11.5. The Morgan fingerprint density at radius 3 is 2.52 bits per heavy atom. The highest BCUT2D eigenvalue weighted by atomic mass is 32.2. The van der Waals surface area contributed by atoms with Crippen molar-refractivity contribution in [1.29, 1.82) is 0 Å². The first-order valence-corrected chi connectivity index (χ1v) is 9.35. The van der Waals surface area contributed by atoms with Crippen molar-refractivity contribution in [3.8, 4) is 11.5 Å². The first kappa shape index (κ1) is 16.0. The normalized spacial score (nSPS) is 19.5. The van der Waals surface area contributed by atoms with Crippen LogP contribution in [0.3, 0.4) is 0 Å². The molecule has 1 aliphatic rings. The molecular weight excluding hydrogens is 314 g/mol. The number of phenols is 2. The second-order valence-corrected chi connectivity index (χ2v) is 8.31. The van der Waals surface area contributed by atoms with Crippen LogP contribution < -0.4 is 0 Å². The second-order valence-electron chi connectivity index (χ2n) is 4.72. The van der Waals surface area contributed by atoms with Crippen molar-refractivity contribution in [3.05, 3.63) is 23.8 Å². The molecule has 0 spiro atoms. The highest BCUT2D eigenvalue weighted by molar-refractivity contribution is 8.01. The number of carbonyl (C=O) groups excluding carboxylic acids is 1. The molecule has 1 fully saturated rings. The molecule has 0 saturated carbocycles. The van der Waals surface area contributed by atoms with E-state index in [2.05, 4.69) is 0 Å². The van der Waals surface area contributed by atoms with Crippen LogP contribution in [-0.2, 0) is 9.84 Å². The first-order chi connectivity index (χ1) is 9.85. The monoisotopic (exact) mass is 331 g/mol. The zero-order chi connectivity index (χ0) is 15.6. The van der Waals surface area contributed by atoms with E-state index in [9.17, 15) is 23.4 Å². The molecular formula is C13H17NO5S2. The third-order valence-electron chi connectivity index (χ3n) is 3.31. The van der Waals surface area contributed by atoms with Gasteiger partial charge in [-0.25, -0.2) is 8.42 Å². The van der Waals surface area contributed by atoms with E-state index in [-0.39, 0.29) is 22.8 Å². The maximum atomic E-state index is 12.5. The summed E-state index contributed by atoms with van der Waals surface area (Å²) in [4.78, 5) is 13.8. The molecule has 0 aromatic heterocycles. The van der Waals surface area contributed by atoms with Crippen LogP contribution in [0.4, 0.5) is 0 Å². The van der Waals surface area contributed by atoms with Crippen molar-refractivity contribution in [2.45, 2.75) is 12.3 Å². The predicted octanol–water partition coefficient (Wildman–Crippen LogP) is 1.05. The summed E-state index contributed by atoms with van der Waals surface area (Å²) in [6.45, 7) is 1.88. The summed E-state index contributed by atoms with van der Waals surface area (Å²) in [5, 5.41) is 18.1. The van der Waals surface area contributed by atoms with Crippen LogP contribution >= 0.6 is 11.8 Å². The SMILES string of the molecule is CCS(=O)(=O)C1CSCCN1C(=O)c1cc(O)cc(O)c1.